The van der Waals surface area contributed by atoms with Crippen molar-refractivity contribution < 1.29 is 9.53 Å². The molecule has 2 aromatic heterocycles. The number of amides is 1. The lowest BCUT2D eigenvalue weighted by atomic mass is 10.2. The van der Waals surface area contributed by atoms with Crippen LogP contribution in [0.2, 0.25) is 0 Å². The van der Waals surface area contributed by atoms with Gasteiger partial charge in [-0.05, 0) is 18.6 Å². The summed E-state index contributed by atoms with van der Waals surface area (Å²) in [6.45, 7) is 6.77. The van der Waals surface area contributed by atoms with Gasteiger partial charge in [-0.3, -0.25) is 14.4 Å². The van der Waals surface area contributed by atoms with Gasteiger partial charge in [0.2, 0.25) is 5.88 Å². The van der Waals surface area contributed by atoms with Crippen molar-refractivity contribution in [2.75, 3.05) is 33.3 Å². The zero-order valence-electron chi connectivity index (χ0n) is 14.2. The summed E-state index contributed by atoms with van der Waals surface area (Å²) in [6.07, 6.45) is 3.69. The highest BCUT2D eigenvalue weighted by molar-refractivity contribution is 5.92. The topological polar surface area (TPSA) is 63.5 Å². The van der Waals surface area contributed by atoms with Crippen molar-refractivity contribution >= 4 is 5.91 Å². The minimum absolute atomic E-state index is 0.0213. The van der Waals surface area contributed by atoms with Gasteiger partial charge < -0.3 is 9.64 Å². The number of carbonyl (C=O) groups is 1. The van der Waals surface area contributed by atoms with Gasteiger partial charge in [0.25, 0.3) is 5.91 Å². The second-order valence-corrected chi connectivity index (χ2v) is 5.83. The number of nitrogens with zero attached hydrogens (tertiary/aromatic N) is 5. The van der Waals surface area contributed by atoms with E-state index in [-0.39, 0.29) is 5.91 Å². The van der Waals surface area contributed by atoms with E-state index in [9.17, 15) is 4.79 Å². The van der Waals surface area contributed by atoms with Crippen molar-refractivity contribution in [3.05, 3.63) is 41.9 Å². The summed E-state index contributed by atoms with van der Waals surface area (Å²) < 4.78 is 6.85. The molecule has 0 unspecified atom stereocenters. The molecule has 0 N–H and O–H groups in total. The number of methoxy groups -OCH3 is 1. The van der Waals surface area contributed by atoms with Crippen LogP contribution in [0.25, 0.3) is 0 Å². The van der Waals surface area contributed by atoms with E-state index in [0.717, 1.165) is 44.8 Å². The first-order valence-corrected chi connectivity index (χ1v) is 8.23. The molecule has 1 amide bonds. The number of hydrogen-bond acceptors (Lipinski definition) is 5. The summed E-state index contributed by atoms with van der Waals surface area (Å²) in [5.74, 6) is 0.647. The van der Waals surface area contributed by atoms with Crippen LogP contribution in [-0.4, -0.2) is 63.8 Å². The van der Waals surface area contributed by atoms with Crippen molar-refractivity contribution in [3.8, 4) is 5.88 Å². The van der Waals surface area contributed by atoms with Crippen LogP contribution in [0.15, 0.2) is 30.6 Å². The van der Waals surface area contributed by atoms with Crippen LogP contribution in [0.4, 0.5) is 0 Å². The minimum Gasteiger partial charge on any atom is -0.481 e. The van der Waals surface area contributed by atoms with Crippen LogP contribution in [0.3, 0.4) is 0 Å². The number of rotatable bonds is 5. The molecule has 24 heavy (non-hydrogen) atoms. The number of hydrogen-bond donors (Lipinski definition) is 0. The zero-order chi connectivity index (χ0) is 16.9. The van der Waals surface area contributed by atoms with E-state index >= 15 is 0 Å². The lowest BCUT2D eigenvalue weighted by Crippen LogP contribution is -2.48. The van der Waals surface area contributed by atoms with Crippen LogP contribution < -0.4 is 4.74 Å². The van der Waals surface area contributed by atoms with Gasteiger partial charge in [-0.2, -0.15) is 5.10 Å². The maximum absolute atomic E-state index is 12.5. The monoisotopic (exact) mass is 329 g/mol. The van der Waals surface area contributed by atoms with Crippen molar-refractivity contribution in [3.63, 3.8) is 0 Å². The van der Waals surface area contributed by atoms with Gasteiger partial charge in [0, 0.05) is 57.7 Å². The summed E-state index contributed by atoms with van der Waals surface area (Å²) in [4.78, 5) is 20.9. The van der Waals surface area contributed by atoms with Crippen LogP contribution >= 0.6 is 0 Å². The fraction of sp³-hybridized carbons (Fsp3) is 0.471. The smallest absolute Gasteiger partial charge is 0.274 e. The maximum Gasteiger partial charge on any atom is 0.274 e. The van der Waals surface area contributed by atoms with Gasteiger partial charge in [0.15, 0.2) is 0 Å². The molecule has 1 aliphatic rings. The summed E-state index contributed by atoms with van der Waals surface area (Å²) in [5, 5.41) is 4.30. The van der Waals surface area contributed by atoms with E-state index in [1.807, 2.05) is 36.4 Å². The predicted octanol–water partition coefficient (Wildman–Crippen LogP) is 1.26. The molecule has 0 saturated carbocycles. The molecule has 7 nitrogen and oxygen atoms in total. The van der Waals surface area contributed by atoms with E-state index in [4.69, 9.17) is 4.74 Å². The third-order valence-corrected chi connectivity index (χ3v) is 4.26. The Morgan fingerprint density at radius 1 is 1.21 bits per heavy atom. The molecular formula is C17H23N5O2. The van der Waals surface area contributed by atoms with Gasteiger partial charge in [-0.1, -0.05) is 6.07 Å². The second kappa shape index (κ2) is 7.44. The quantitative estimate of drug-likeness (QED) is 0.826. The largest absolute Gasteiger partial charge is 0.481 e. The second-order valence-electron chi connectivity index (χ2n) is 5.83. The van der Waals surface area contributed by atoms with Crippen LogP contribution in [0, 0.1) is 0 Å². The average molecular weight is 329 g/mol. The number of ether oxygens (including phenoxy) is 1. The SMILES string of the molecule is CCn1ccc(C(=O)N2CCN(Cc3ccc(OC)nc3)CC2)n1. The zero-order valence-corrected chi connectivity index (χ0v) is 14.2. The molecular weight excluding hydrogens is 306 g/mol. The van der Waals surface area contributed by atoms with Crippen molar-refractivity contribution in [2.24, 2.45) is 0 Å². The molecule has 1 saturated heterocycles. The molecule has 0 bridgehead atoms. The Kier molecular flexibility index (Phi) is 5.10. The molecule has 0 aromatic carbocycles. The van der Waals surface area contributed by atoms with Gasteiger partial charge in [0.1, 0.15) is 5.69 Å². The first-order chi connectivity index (χ1) is 11.7. The molecule has 7 heteroatoms. The lowest BCUT2D eigenvalue weighted by Gasteiger charge is -2.34. The first-order valence-electron chi connectivity index (χ1n) is 8.23. The molecule has 0 spiro atoms. The van der Waals surface area contributed by atoms with Crippen LogP contribution in [-0.2, 0) is 13.1 Å². The molecule has 1 fully saturated rings. The van der Waals surface area contributed by atoms with Gasteiger partial charge in [0.05, 0.1) is 7.11 Å². The van der Waals surface area contributed by atoms with E-state index in [1.54, 1.807) is 17.9 Å². The Morgan fingerprint density at radius 3 is 2.58 bits per heavy atom. The van der Waals surface area contributed by atoms with Gasteiger partial charge >= 0.3 is 0 Å². The van der Waals surface area contributed by atoms with Gasteiger partial charge in [-0.15, -0.1) is 0 Å². The average Bonchev–Trinajstić information content (AvgIpc) is 3.11. The molecule has 2 aromatic rings. The summed E-state index contributed by atoms with van der Waals surface area (Å²) in [7, 11) is 1.61. The molecule has 128 valence electrons. The van der Waals surface area contributed by atoms with Crippen LogP contribution in [0.5, 0.6) is 5.88 Å². The molecule has 0 atom stereocenters. The molecule has 3 rings (SSSR count). The van der Waals surface area contributed by atoms with Crippen molar-refractivity contribution in [1.82, 2.24) is 24.6 Å². The Hall–Kier alpha value is -2.41. The highest BCUT2D eigenvalue weighted by Gasteiger charge is 2.23. The van der Waals surface area contributed by atoms with E-state index in [0.29, 0.717) is 11.6 Å². The Bertz CT molecular complexity index is 675. The molecule has 1 aliphatic heterocycles. The lowest BCUT2D eigenvalue weighted by molar-refractivity contribution is 0.0621. The third-order valence-electron chi connectivity index (χ3n) is 4.26. The van der Waals surface area contributed by atoms with E-state index in [2.05, 4.69) is 15.0 Å². The predicted molar refractivity (Wildman–Crippen MR) is 89.9 cm³/mol. The fourth-order valence-electron chi connectivity index (χ4n) is 2.81. The van der Waals surface area contributed by atoms with Crippen LogP contribution in [0.1, 0.15) is 23.0 Å². The number of pyridine rings is 1. The van der Waals surface area contributed by atoms with E-state index < -0.39 is 0 Å². The standard InChI is InChI=1S/C17H23N5O2/c1-3-22-7-6-15(19-22)17(23)21-10-8-20(9-11-21)13-14-4-5-16(24-2)18-12-14/h4-7,12H,3,8-11,13H2,1-2H3. The number of carbonyl (C=O) groups excluding carboxylic acids is 1. The molecule has 3 heterocycles. The minimum atomic E-state index is 0.0213. The highest BCUT2D eigenvalue weighted by Crippen LogP contribution is 2.12. The van der Waals surface area contributed by atoms with Gasteiger partial charge in [-0.25, -0.2) is 4.98 Å². The molecule has 0 aliphatic carbocycles. The normalized spacial score (nSPS) is 15.5. The Morgan fingerprint density at radius 2 is 2.00 bits per heavy atom. The number of piperazine rings is 1. The van der Waals surface area contributed by atoms with Crippen molar-refractivity contribution in [2.45, 2.75) is 20.0 Å². The summed E-state index contributed by atoms with van der Waals surface area (Å²) in [6, 6.07) is 5.70. The highest BCUT2D eigenvalue weighted by atomic mass is 16.5. The number of aromatic nitrogens is 3. The first kappa shape index (κ1) is 16.4. The Balaban J connectivity index is 1.52. The van der Waals surface area contributed by atoms with Crippen molar-refractivity contribution in [1.29, 1.82) is 0 Å². The summed E-state index contributed by atoms with van der Waals surface area (Å²) >= 11 is 0. The Labute approximate surface area is 141 Å². The third kappa shape index (κ3) is 3.73. The maximum atomic E-state index is 12.5. The van der Waals surface area contributed by atoms with E-state index in [1.165, 1.54) is 0 Å². The molecule has 0 radical (unpaired) electrons. The fourth-order valence-corrected chi connectivity index (χ4v) is 2.81. The summed E-state index contributed by atoms with van der Waals surface area (Å²) in [5.41, 5.74) is 1.68. The number of aryl methyl sites for hydroxylation is 1.